The summed E-state index contributed by atoms with van der Waals surface area (Å²) in [5.41, 5.74) is 0. The maximum Gasteiger partial charge on any atom is 0.264 e. The molecule has 2 aliphatic heterocycles. The third kappa shape index (κ3) is 4.72. The summed E-state index contributed by atoms with van der Waals surface area (Å²) in [5, 5.41) is 1.90. The predicted octanol–water partition coefficient (Wildman–Crippen LogP) is 1.26. The standard InChI is InChI=1S/C19H23N3O5S2/c23-19(18-2-1-13-28-18)22-9-7-21(8-10-22)6-5-20-29(24,25)15-3-4-16-17(14-15)27-12-11-26-16/h1-4,13-14,20H,5-12H2. The van der Waals surface area contributed by atoms with Gasteiger partial charge in [-0.2, -0.15) is 0 Å². The van der Waals surface area contributed by atoms with Gasteiger partial charge >= 0.3 is 0 Å². The van der Waals surface area contributed by atoms with Gasteiger partial charge in [0, 0.05) is 45.3 Å². The molecule has 0 saturated carbocycles. The van der Waals surface area contributed by atoms with E-state index in [2.05, 4.69) is 9.62 Å². The van der Waals surface area contributed by atoms with Crippen LogP contribution in [0.4, 0.5) is 0 Å². The van der Waals surface area contributed by atoms with Gasteiger partial charge in [-0.3, -0.25) is 9.69 Å². The van der Waals surface area contributed by atoms with Crippen molar-refractivity contribution in [1.29, 1.82) is 0 Å². The molecule has 0 bridgehead atoms. The third-order valence-corrected chi connectivity index (χ3v) is 7.25. The Kier molecular flexibility index (Phi) is 6.04. The minimum Gasteiger partial charge on any atom is -0.486 e. The zero-order valence-corrected chi connectivity index (χ0v) is 17.5. The zero-order chi connectivity index (χ0) is 20.3. The van der Waals surface area contributed by atoms with Crippen LogP contribution in [0.2, 0.25) is 0 Å². The SMILES string of the molecule is O=C(c1cccs1)N1CCN(CCNS(=O)(=O)c2ccc3c(c2)OCCO3)CC1. The Labute approximate surface area is 174 Å². The zero-order valence-electron chi connectivity index (χ0n) is 15.9. The molecule has 29 heavy (non-hydrogen) atoms. The number of thiophene rings is 1. The number of hydrogen-bond acceptors (Lipinski definition) is 7. The van der Waals surface area contributed by atoms with Crippen molar-refractivity contribution in [2.24, 2.45) is 0 Å². The molecule has 0 unspecified atom stereocenters. The monoisotopic (exact) mass is 437 g/mol. The van der Waals surface area contributed by atoms with Gasteiger partial charge in [-0.25, -0.2) is 13.1 Å². The van der Waals surface area contributed by atoms with Crippen LogP contribution in [-0.2, 0) is 10.0 Å². The van der Waals surface area contributed by atoms with E-state index in [1.807, 2.05) is 22.4 Å². The number of benzene rings is 1. The van der Waals surface area contributed by atoms with Crippen LogP contribution in [0.5, 0.6) is 11.5 Å². The molecule has 2 aromatic rings. The first-order valence-electron chi connectivity index (χ1n) is 9.47. The summed E-state index contributed by atoms with van der Waals surface area (Å²) in [7, 11) is -3.62. The predicted molar refractivity (Wildman–Crippen MR) is 109 cm³/mol. The second-order valence-electron chi connectivity index (χ2n) is 6.81. The summed E-state index contributed by atoms with van der Waals surface area (Å²) in [6, 6.07) is 8.34. The van der Waals surface area contributed by atoms with Gasteiger partial charge in [0.1, 0.15) is 13.2 Å². The molecule has 0 atom stereocenters. The molecule has 1 saturated heterocycles. The maximum atomic E-state index is 12.6. The second-order valence-corrected chi connectivity index (χ2v) is 9.53. The molecule has 2 aliphatic rings. The van der Waals surface area contributed by atoms with E-state index >= 15 is 0 Å². The van der Waals surface area contributed by atoms with Crippen molar-refractivity contribution in [1.82, 2.24) is 14.5 Å². The summed E-state index contributed by atoms with van der Waals surface area (Å²) < 4.78 is 38.6. The number of nitrogens with zero attached hydrogens (tertiary/aromatic N) is 2. The highest BCUT2D eigenvalue weighted by Crippen LogP contribution is 2.32. The Morgan fingerprint density at radius 2 is 1.83 bits per heavy atom. The Hall–Kier alpha value is -2.14. The molecule has 8 nitrogen and oxygen atoms in total. The summed E-state index contributed by atoms with van der Waals surface area (Å²) in [6.45, 7) is 4.50. The van der Waals surface area contributed by atoms with Crippen molar-refractivity contribution in [2.75, 3.05) is 52.5 Å². The van der Waals surface area contributed by atoms with Crippen molar-refractivity contribution < 1.29 is 22.7 Å². The van der Waals surface area contributed by atoms with E-state index in [1.165, 1.54) is 23.5 Å². The van der Waals surface area contributed by atoms with Crippen molar-refractivity contribution in [3.8, 4) is 11.5 Å². The van der Waals surface area contributed by atoms with E-state index in [1.54, 1.807) is 6.07 Å². The average molecular weight is 438 g/mol. The van der Waals surface area contributed by atoms with E-state index in [9.17, 15) is 13.2 Å². The first kappa shape index (κ1) is 20.1. The number of amides is 1. The average Bonchev–Trinajstić information content (AvgIpc) is 3.28. The molecule has 4 rings (SSSR count). The lowest BCUT2D eigenvalue weighted by atomic mass is 10.3. The lowest BCUT2D eigenvalue weighted by Gasteiger charge is -2.34. The van der Waals surface area contributed by atoms with E-state index in [0.29, 0.717) is 50.9 Å². The summed E-state index contributed by atoms with van der Waals surface area (Å²) in [6.07, 6.45) is 0. The van der Waals surface area contributed by atoms with Gasteiger partial charge in [0.05, 0.1) is 9.77 Å². The van der Waals surface area contributed by atoms with Crippen LogP contribution in [-0.4, -0.2) is 76.6 Å². The molecule has 1 fully saturated rings. The van der Waals surface area contributed by atoms with Crippen LogP contribution in [0.1, 0.15) is 9.67 Å². The van der Waals surface area contributed by atoms with Gasteiger partial charge in [-0.15, -0.1) is 11.3 Å². The Bertz CT molecular complexity index is 954. The van der Waals surface area contributed by atoms with Crippen molar-refractivity contribution >= 4 is 27.3 Å². The van der Waals surface area contributed by atoms with Crippen molar-refractivity contribution in [2.45, 2.75) is 4.90 Å². The minimum atomic E-state index is -3.62. The number of sulfonamides is 1. The highest BCUT2D eigenvalue weighted by molar-refractivity contribution is 7.89. The molecule has 0 aliphatic carbocycles. The van der Waals surface area contributed by atoms with E-state index in [0.717, 1.165) is 18.0 Å². The Morgan fingerprint density at radius 3 is 2.55 bits per heavy atom. The number of rotatable bonds is 6. The van der Waals surface area contributed by atoms with Crippen LogP contribution >= 0.6 is 11.3 Å². The minimum absolute atomic E-state index is 0.0685. The van der Waals surface area contributed by atoms with Gasteiger partial charge in [-0.05, 0) is 23.6 Å². The van der Waals surface area contributed by atoms with Crippen molar-refractivity contribution in [3.05, 3.63) is 40.6 Å². The molecule has 1 amide bonds. The molecule has 1 N–H and O–H groups in total. The summed E-state index contributed by atoms with van der Waals surface area (Å²) in [4.78, 5) is 17.3. The smallest absolute Gasteiger partial charge is 0.264 e. The van der Waals surface area contributed by atoms with Crippen LogP contribution < -0.4 is 14.2 Å². The molecule has 0 spiro atoms. The molecule has 3 heterocycles. The topological polar surface area (TPSA) is 88.2 Å². The van der Waals surface area contributed by atoms with E-state index in [4.69, 9.17) is 9.47 Å². The molecule has 0 radical (unpaired) electrons. The molecule has 1 aromatic carbocycles. The van der Waals surface area contributed by atoms with Gasteiger partial charge in [0.2, 0.25) is 10.0 Å². The molecule has 156 valence electrons. The van der Waals surface area contributed by atoms with E-state index in [-0.39, 0.29) is 10.8 Å². The Morgan fingerprint density at radius 1 is 1.07 bits per heavy atom. The normalized spacial score (nSPS) is 17.3. The van der Waals surface area contributed by atoms with Gasteiger partial charge in [0.15, 0.2) is 11.5 Å². The van der Waals surface area contributed by atoms with Gasteiger partial charge < -0.3 is 14.4 Å². The molecule has 10 heteroatoms. The van der Waals surface area contributed by atoms with Gasteiger partial charge in [-0.1, -0.05) is 6.07 Å². The van der Waals surface area contributed by atoms with Gasteiger partial charge in [0.25, 0.3) is 5.91 Å². The number of nitrogens with one attached hydrogen (secondary N) is 1. The maximum absolute atomic E-state index is 12.6. The highest BCUT2D eigenvalue weighted by atomic mass is 32.2. The fourth-order valence-corrected chi connectivity index (χ4v) is 5.07. The number of fused-ring (bicyclic) bond motifs is 1. The van der Waals surface area contributed by atoms with Crippen LogP contribution in [0.15, 0.2) is 40.6 Å². The number of ether oxygens (including phenoxy) is 2. The number of carbonyl (C=O) groups excluding carboxylic acids is 1. The van der Waals surface area contributed by atoms with Crippen LogP contribution in [0, 0.1) is 0 Å². The fraction of sp³-hybridized carbons (Fsp3) is 0.421. The largest absolute Gasteiger partial charge is 0.486 e. The van der Waals surface area contributed by atoms with E-state index < -0.39 is 10.0 Å². The first-order chi connectivity index (χ1) is 14.0. The summed E-state index contributed by atoms with van der Waals surface area (Å²) in [5.74, 6) is 1.08. The summed E-state index contributed by atoms with van der Waals surface area (Å²) >= 11 is 1.45. The van der Waals surface area contributed by atoms with Crippen LogP contribution in [0.3, 0.4) is 0 Å². The molecular weight excluding hydrogens is 414 g/mol. The number of carbonyl (C=O) groups is 1. The Balaban J connectivity index is 1.25. The first-order valence-corrected chi connectivity index (χ1v) is 11.8. The third-order valence-electron chi connectivity index (χ3n) is 4.94. The fourth-order valence-electron chi connectivity index (χ4n) is 3.34. The quantitative estimate of drug-likeness (QED) is 0.732. The van der Waals surface area contributed by atoms with Crippen molar-refractivity contribution in [3.63, 3.8) is 0 Å². The second kappa shape index (κ2) is 8.70. The lowest BCUT2D eigenvalue weighted by molar-refractivity contribution is 0.0645. The lowest BCUT2D eigenvalue weighted by Crippen LogP contribution is -2.50. The molecular formula is C19H23N3O5S2. The highest BCUT2D eigenvalue weighted by Gasteiger charge is 2.23. The number of piperazine rings is 1. The van der Waals surface area contributed by atoms with Crippen LogP contribution in [0.25, 0.3) is 0 Å². The number of hydrogen-bond donors (Lipinski definition) is 1. The molecule has 1 aromatic heterocycles.